The fraction of sp³-hybridized carbons (Fsp3) is 0.273. The third kappa shape index (κ3) is 1.90. The minimum absolute atomic E-state index is 0.413. The van der Waals surface area contributed by atoms with Gasteiger partial charge in [-0.15, -0.1) is 5.10 Å². The largest absolute Gasteiger partial charge is 0.344 e. The Morgan fingerprint density at radius 1 is 1.28 bits per heavy atom. The van der Waals surface area contributed by atoms with Gasteiger partial charge in [0, 0.05) is 5.69 Å². The van der Waals surface area contributed by atoms with Crippen LogP contribution in [-0.4, -0.2) is 24.7 Å². The number of pyridine rings is 1. The molecule has 3 aromatic heterocycles. The average molecular weight is 244 g/mol. The third-order valence-electron chi connectivity index (χ3n) is 2.52. The van der Waals surface area contributed by atoms with Gasteiger partial charge in [-0.2, -0.15) is 9.97 Å². The summed E-state index contributed by atoms with van der Waals surface area (Å²) in [5, 5.41) is 11.1. The summed E-state index contributed by atoms with van der Waals surface area (Å²) in [6.45, 7) is 4.17. The van der Waals surface area contributed by atoms with Gasteiger partial charge < -0.3 is 9.84 Å². The SMILES string of the molecule is Cc1noc(CNc2nc3cccc(C)n3n2)n1. The van der Waals surface area contributed by atoms with Crippen LogP contribution in [0.3, 0.4) is 0 Å². The molecule has 0 aliphatic rings. The Bertz CT molecular complexity index is 686. The fourth-order valence-corrected chi connectivity index (χ4v) is 1.68. The number of anilines is 1. The molecule has 0 aliphatic heterocycles. The second-order valence-corrected chi connectivity index (χ2v) is 3.96. The van der Waals surface area contributed by atoms with E-state index in [1.165, 1.54) is 0 Å². The van der Waals surface area contributed by atoms with E-state index in [9.17, 15) is 0 Å². The van der Waals surface area contributed by atoms with E-state index in [0.29, 0.717) is 24.2 Å². The molecule has 0 fully saturated rings. The average Bonchev–Trinajstić information content (AvgIpc) is 2.93. The maximum atomic E-state index is 5.00. The highest BCUT2D eigenvalue weighted by atomic mass is 16.5. The lowest BCUT2D eigenvalue weighted by atomic mass is 10.4. The van der Waals surface area contributed by atoms with Crippen LogP contribution in [0, 0.1) is 13.8 Å². The molecule has 0 radical (unpaired) electrons. The summed E-state index contributed by atoms with van der Waals surface area (Å²) in [5.74, 6) is 1.67. The van der Waals surface area contributed by atoms with Gasteiger partial charge >= 0.3 is 0 Å². The quantitative estimate of drug-likeness (QED) is 0.748. The normalized spacial score (nSPS) is 11.0. The number of rotatable bonds is 3. The standard InChI is InChI=1S/C11H12N6O/c1-7-4-3-5-9-14-11(15-17(7)9)12-6-10-13-8(2)16-18-10/h3-5H,6H2,1-2H3,(H,12,15). The summed E-state index contributed by atoms with van der Waals surface area (Å²) in [5.41, 5.74) is 1.83. The fourth-order valence-electron chi connectivity index (χ4n) is 1.68. The molecule has 0 saturated heterocycles. The summed E-state index contributed by atoms with van der Waals surface area (Å²) in [7, 11) is 0. The number of hydrogen-bond acceptors (Lipinski definition) is 6. The number of aromatic nitrogens is 5. The molecular weight excluding hydrogens is 232 g/mol. The van der Waals surface area contributed by atoms with E-state index in [2.05, 4.69) is 25.5 Å². The molecule has 92 valence electrons. The van der Waals surface area contributed by atoms with Gasteiger partial charge in [-0.1, -0.05) is 11.2 Å². The van der Waals surface area contributed by atoms with E-state index in [4.69, 9.17) is 4.52 Å². The highest BCUT2D eigenvalue weighted by molar-refractivity contribution is 5.44. The van der Waals surface area contributed by atoms with E-state index >= 15 is 0 Å². The Balaban J connectivity index is 1.81. The predicted molar refractivity (Wildman–Crippen MR) is 64.1 cm³/mol. The van der Waals surface area contributed by atoms with Crippen LogP contribution in [0.5, 0.6) is 0 Å². The second-order valence-electron chi connectivity index (χ2n) is 3.96. The number of hydrogen-bond donors (Lipinski definition) is 1. The van der Waals surface area contributed by atoms with Crippen molar-refractivity contribution >= 4 is 11.6 Å². The highest BCUT2D eigenvalue weighted by Crippen LogP contribution is 2.08. The van der Waals surface area contributed by atoms with E-state index in [1.54, 1.807) is 11.4 Å². The Kier molecular flexibility index (Phi) is 2.44. The number of aryl methyl sites for hydroxylation is 2. The first-order valence-electron chi connectivity index (χ1n) is 5.58. The predicted octanol–water partition coefficient (Wildman–Crippen LogP) is 1.34. The first-order valence-corrected chi connectivity index (χ1v) is 5.58. The number of fused-ring (bicyclic) bond motifs is 1. The first kappa shape index (κ1) is 10.7. The molecule has 0 atom stereocenters. The van der Waals surface area contributed by atoms with E-state index in [-0.39, 0.29) is 0 Å². The van der Waals surface area contributed by atoms with Crippen molar-refractivity contribution in [2.24, 2.45) is 0 Å². The van der Waals surface area contributed by atoms with Crippen LogP contribution in [0.25, 0.3) is 5.65 Å². The molecule has 0 saturated carbocycles. The molecule has 0 unspecified atom stereocenters. The molecule has 7 heteroatoms. The van der Waals surface area contributed by atoms with Gasteiger partial charge in [0.1, 0.15) is 0 Å². The van der Waals surface area contributed by atoms with Crippen molar-refractivity contribution in [3.05, 3.63) is 35.6 Å². The third-order valence-corrected chi connectivity index (χ3v) is 2.52. The molecule has 3 aromatic rings. The minimum atomic E-state index is 0.413. The lowest BCUT2D eigenvalue weighted by Crippen LogP contribution is -2.01. The zero-order chi connectivity index (χ0) is 12.5. The summed E-state index contributed by atoms with van der Waals surface area (Å²) in [6.07, 6.45) is 0. The van der Waals surface area contributed by atoms with Crippen molar-refractivity contribution in [1.82, 2.24) is 24.7 Å². The summed E-state index contributed by atoms with van der Waals surface area (Å²) >= 11 is 0. The first-order chi connectivity index (χ1) is 8.72. The molecule has 3 rings (SSSR count). The number of nitrogens with zero attached hydrogens (tertiary/aromatic N) is 5. The summed E-state index contributed by atoms with van der Waals surface area (Å²) in [4.78, 5) is 8.44. The van der Waals surface area contributed by atoms with E-state index < -0.39 is 0 Å². The summed E-state index contributed by atoms with van der Waals surface area (Å²) in [6, 6.07) is 5.83. The van der Waals surface area contributed by atoms with Crippen molar-refractivity contribution < 1.29 is 4.52 Å². The molecule has 3 heterocycles. The molecule has 0 aliphatic carbocycles. The molecule has 1 N–H and O–H groups in total. The van der Waals surface area contributed by atoms with Crippen LogP contribution < -0.4 is 5.32 Å². The second kappa shape index (κ2) is 4.10. The Morgan fingerprint density at radius 3 is 2.89 bits per heavy atom. The zero-order valence-electron chi connectivity index (χ0n) is 10.1. The Hall–Kier alpha value is -2.44. The molecule has 0 aromatic carbocycles. The van der Waals surface area contributed by atoms with Gasteiger partial charge in [-0.3, -0.25) is 0 Å². The van der Waals surface area contributed by atoms with Gasteiger partial charge in [-0.25, -0.2) is 4.52 Å². The van der Waals surface area contributed by atoms with E-state index in [1.807, 2.05) is 25.1 Å². The zero-order valence-corrected chi connectivity index (χ0v) is 10.1. The van der Waals surface area contributed by atoms with Gasteiger partial charge in [-0.05, 0) is 26.0 Å². The van der Waals surface area contributed by atoms with E-state index in [0.717, 1.165) is 11.3 Å². The van der Waals surface area contributed by atoms with Gasteiger partial charge in [0.15, 0.2) is 11.5 Å². The van der Waals surface area contributed by atoms with Crippen molar-refractivity contribution in [2.75, 3.05) is 5.32 Å². The van der Waals surface area contributed by atoms with Crippen LogP contribution in [-0.2, 0) is 6.54 Å². The lowest BCUT2D eigenvalue weighted by molar-refractivity contribution is 0.379. The molecule has 0 spiro atoms. The molecular formula is C11H12N6O. The lowest BCUT2D eigenvalue weighted by Gasteiger charge is -1.95. The molecule has 18 heavy (non-hydrogen) atoms. The van der Waals surface area contributed by atoms with Gasteiger partial charge in [0.25, 0.3) is 0 Å². The van der Waals surface area contributed by atoms with Crippen LogP contribution in [0.4, 0.5) is 5.95 Å². The molecule has 0 amide bonds. The van der Waals surface area contributed by atoms with Crippen molar-refractivity contribution in [3.63, 3.8) is 0 Å². The maximum Gasteiger partial charge on any atom is 0.246 e. The topological polar surface area (TPSA) is 81.1 Å². The summed E-state index contributed by atoms with van der Waals surface area (Å²) < 4.78 is 6.78. The van der Waals surface area contributed by atoms with Crippen LogP contribution in [0.15, 0.2) is 22.7 Å². The highest BCUT2D eigenvalue weighted by Gasteiger charge is 2.07. The van der Waals surface area contributed by atoms with Crippen LogP contribution in [0.1, 0.15) is 17.4 Å². The Labute approximate surface area is 103 Å². The molecule has 7 nitrogen and oxygen atoms in total. The maximum absolute atomic E-state index is 5.00. The van der Waals surface area contributed by atoms with Crippen molar-refractivity contribution in [1.29, 1.82) is 0 Å². The Morgan fingerprint density at radius 2 is 2.17 bits per heavy atom. The smallest absolute Gasteiger partial charge is 0.246 e. The van der Waals surface area contributed by atoms with Gasteiger partial charge in [0.05, 0.1) is 6.54 Å². The molecule has 0 bridgehead atoms. The van der Waals surface area contributed by atoms with Gasteiger partial charge in [0.2, 0.25) is 11.8 Å². The minimum Gasteiger partial charge on any atom is -0.344 e. The monoisotopic (exact) mass is 244 g/mol. The van der Waals surface area contributed by atoms with Crippen molar-refractivity contribution in [2.45, 2.75) is 20.4 Å². The van der Waals surface area contributed by atoms with Crippen LogP contribution in [0.2, 0.25) is 0 Å². The van der Waals surface area contributed by atoms with Crippen LogP contribution >= 0.6 is 0 Å². The number of nitrogens with one attached hydrogen (secondary N) is 1. The van der Waals surface area contributed by atoms with Crippen molar-refractivity contribution in [3.8, 4) is 0 Å².